The fourth-order valence-corrected chi connectivity index (χ4v) is 1.25. The SMILES string of the molecule is CCN=C(N)NCC.O=C([O-])c1ccccc1C(=O)[O-].[Pb+2]. The minimum Gasteiger partial charge on any atom is -0.545 e. The molecule has 0 aliphatic rings. The quantitative estimate of drug-likeness (QED) is 0.287. The largest absolute Gasteiger partial charge is 2.00 e. The molecule has 3 N–H and O–H groups in total. The fraction of sp³-hybridized carbons (Fsp3) is 0.308. The van der Waals surface area contributed by atoms with Crippen molar-refractivity contribution in [2.24, 2.45) is 10.7 Å². The Labute approximate surface area is 143 Å². The number of guanidine groups is 1. The third-order valence-corrected chi connectivity index (χ3v) is 2.05. The van der Waals surface area contributed by atoms with E-state index in [0.29, 0.717) is 5.96 Å². The second-order valence-corrected chi connectivity index (χ2v) is 3.51. The van der Waals surface area contributed by atoms with Crippen molar-refractivity contribution >= 4 is 45.2 Å². The first kappa shape index (κ1) is 21.6. The predicted molar refractivity (Wildman–Crippen MR) is 76.7 cm³/mol. The summed E-state index contributed by atoms with van der Waals surface area (Å²) in [5.74, 6) is -2.50. The number of carbonyl (C=O) groups excluding carboxylic acids is 2. The maximum Gasteiger partial charge on any atom is 2.00 e. The van der Waals surface area contributed by atoms with Crippen molar-refractivity contribution in [1.29, 1.82) is 0 Å². The maximum absolute atomic E-state index is 10.3. The number of nitrogens with one attached hydrogen (secondary N) is 1. The first-order valence-corrected chi connectivity index (χ1v) is 5.99. The third kappa shape index (κ3) is 9.00. The number of nitrogens with zero attached hydrogens (tertiary/aromatic N) is 1. The molecule has 112 valence electrons. The molecule has 0 amide bonds. The zero-order chi connectivity index (χ0) is 15.5. The second kappa shape index (κ2) is 12.1. The molecule has 0 atom stereocenters. The number of carboxylic acids is 2. The molecule has 0 saturated carbocycles. The zero-order valence-corrected chi connectivity index (χ0v) is 15.8. The van der Waals surface area contributed by atoms with E-state index in [-0.39, 0.29) is 38.4 Å². The van der Waals surface area contributed by atoms with Gasteiger partial charge in [0.2, 0.25) is 0 Å². The number of aromatic carboxylic acids is 2. The molecule has 7 nitrogen and oxygen atoms in total. The first-order chi connectivity index (χ1) is 9.43. The summed E-state index contributed by atoms with van der Waals surface area (Å²) in [7, 11) is 0. The van der Waals surface area contributed by atoms with Crippen LogP contribution < -0.4 is 21.3 Å². The number of aliphatic imine (C=N–C) groups is 1. The summed E-state index contributed by atoms with van der Waals surface area (Å²) >= 11 is 0. The van der Waals surface area contributed by atoms with E-state index in [1.807, 2.05) is 13.8 Å². The molecule has 0 fully saturated rings. The molecule has 0 bridgehead atoms. The van der Waals surface area contributed by atoms with Gasteiger partial charge in [-0.2, -0.15) is 0 Å². The van der Waals surface area contributed by atoms with Crippen LogP contribution in [0.25, 0.3) is 0 Å². The van der Waals surface area contributed by atoms with Crippen LogP contribution in [0.2, 0.25) is 0 Å². The van der Waals surface area contributed by atoms with Gasteiger partial charge in [-0.15, -0.1) is 0 Å². The van der Waals surface area contributed by atoms with Gasteiger partial charge in [-0.1, -0.05) is 24.3 Å². The Bertz CT molecular complexity index is 459. The Morgan fingerprint density at radius 3 is 1.86 bits per heavy atom. The molecule has 0 unspecified atom stereocenters. The van der Waals surface area contributed by atoms with Gasteiger partial charge in [-0.05, 0) is 13.8 Å². The van der Waals surface area contributed by atoms with Crippen molar-refractivity contribution in [1.82, 2.24) is 5.32 Å². The molecule has 0 saturated heterocycles. The average molecular weight is 486 g/mol. The standard InChI is InChI=1S/C8H6O4.C5H13N3.Pb/c9-7(10)5-3-1-2-4-6(5)8(11)12;1-3-7-5(6)8-4-2;/h1-4H,(H,9,10)(H,11,12);3-4H2,1-2H3,(H3,6,7,8);/q;;+2/p-2. The van der Waals surface area contributed by atoms with E-state index < -0.39 is 11.9 Å². The van der Waals surface area contributed by atoms with Crippen LogP contribution in [0.5, 0.6) is 0 Å². The Morgan fingerprint density at radius 2 is 1.57 bits per heavy atom. The summed E-state index contributed by atoms with van der Waals surface area (Å²) < 4.78 is 0. The summed E-state index contributed by atoms with van der Waals surface area (Å²) in [6.45, 7) is 5.52. The van der Waals surface area contributed by atoms with Crippen molar-refractivity contribution in [3.05, 3.63) is 35.4 Å². The van der Waals surface area contributed by atoms with Crippen molar-refractivity contribution in [3.8, 4) is 0 Å². The van der Waals surface area contributed by atoms with Crippen LogP contribution in [0.4, 0.5) is 0 Å². The number of nitrogens with two attached hydrogens (primary N) is 1. The van der Waals surface area contributed by atoms with Crippen LogP contribution in [0.15, 0.2) is 29.3 Å². The Morgan fingerprint density at radius 1 is 1.14 bits per heavy atom. The van der Waals surface area contributed by atoms with Gasteiger partial charge in [0.15, 0.2) is 5.96 Å². The van der Waals surface area contributed by atoms with Gasteiger partial charge in [0.25, 0.3) is 0 Å². The predicted octanol–water partition coefficient (Wildman–Crippen LogP) is -2.04. The molecule has 0 aromatic heterocycles. The van der Waals surface area contributed by atoms with Crippen molar-refractivity contribution in [2.45, 2.75) is 13.8 Å². The third-order valence-electron chi connectivity index (χ3n) is 2.05. The van der Waals surface area contributed by atoms with Gasteiger partial charge in [0.1, 0.15) is 0 Å². The minimum atomic E-state index is -1.52. The van der Waals surface area contributed by atoms with Crippen molar-refractivity contribution < 1.29 is 19.8 Å². The molecule has 1 aromatic carbocycles. The molecule has 0 aliphatic carbocycles. The molecular weight excluding hydrogens is 469 g/mol. The molecule has 0 spiro atoms. The van der Waals surface area contributed by atoms with Gasteiger partial charge in [-0.3, -0.25) is 4.99 Å². The van der Waals surface area contributed by atoms with E-state index in [1.165, 1.54) is 12.1 Å². The molecule has 0 aliphatic heterocycles. The van der Waals surface area contributed by atoms with E-state index in [4.69, 9.17) is 5.73 Å². The maximum atomic E-state index is 10.3. The molecule has 21 heavy (non-hydrogen) atoms. The number of hydrogen-bond donors (Lipinski definition) is 2. The van der Waals surface area contributed by atoms with Gasteiger partial charge in [0.05, 0.1) is 11.9 Å². The Balaban J connectivity index is 0. The van der Waals surface area contributed by atoms with Crippen LogP contribution in [-0.4, -0.2) is 58.3 Å². The van der Waals surface area contributed by atoms with Crippen LogP contribution >= 0.6 is 0 Å². The number of rotatable bonds is 4. The van der Waals surface area contributed by atoms with Gasteiger partial charge in [0, 0.05) is 24.2 Å². The first-order valence-electron chi connectivity index (χ1n) is 5.99. The second-order valence-electron chi connectivity index (χ2n) is 3.51. The summed E-state index contributed by atoms with van der Waals surface area (Å²) in [6.07, 6.45) is 0. The molecular formula is C13H17N3O4Pb. The average Bonchev–Trinajstić information content (AvgIpc) is 2.40. The molecule has 1 rings (SSSR count). The Kier molecular flexibility index (Phi) is 12.5. The molecule has 8 heteroatoms. The number of benzene rings is 1. The van der Waals surface area contributed by atoms with Crippen LogP contribution in [0.1, 0.15) is 34.6 Å². The Hall–Kier alpha value is -1.65. The normalized spacial score (nSPS) is 9.71. The van der Waals surface area contributed by atoms with Gasteiger partial charge >= 0.3 is 27.3 Å². The smallest absolute Gasteiger partial charge is 0.545 e. The van der Waals surface area contributed by atoms with Gasteiger partial charge in [-0.25, -0.2) is 0 Å². The monoisotopic (exact) mass is 487 g/mol. The summed E-state index contributed by atoms with van der Waals surface area (Å²) in [6, 6.07) is 5.14. The number of carbonyl (C=O) groups is 2. The minimum absolute atomic E-state index is 0. The zero-order valence-electron chi connectivity index (χ0n) is 11.9. The van der Waals surface area contributed by atoms with Crippen LogP contribution in [-0.2, 0) is 0 Å². The van der Waals surface area contributed by atoms with Gasteiger partial charge < -0.3 is 30.9 Å². The van der Waals surface area contributed by atoms with E-state index in [9.17, 15) is 19.8 Å². The fourth-order valence-electron chi connectivity index (χ4n) is 1.25. The summed E-state index contributed by atoms with van der Waals surface area (Å²) in [5.41, 5.74) is 4.61. The number of hydrogen-bond acceptors (Lipinski definition) is 5. The van der Waals surface area contributed by atoms with Crippen molar-refractivity contribution in [2.75, 3.05) is 13.1 Å². The topological polar surface area (TPSA) is 131 Å². The summed E-state index contributed by atoms with van der Waals surface area (Å²) in [5, 5.41) is 23.5. The van der Waals surface area contributed by atoms with E-state index in [0.717, 1.165) is 25.2 Å². The van der Waals surface area contributed by atoms with Crippen LogP contribution in [0.3, 0.4) is 0 Å². The molecule has 0 heterocycles. The summed E-state index contributed by atoms with van der Waals surface area (Å²) in [4.78, 5) is 24.5. The van der Waals surface area contributed by atoms with E-state index in [1.54, 1.807) is 0 Å². The van der Waals surface area contributed by atoms with E-state index >= 15 is 0 Å². The molecule has 2 radical (unpaired) electrons. The number of carboxylic acid groups (broad SMARTS) is 2. The van der Waals surface area contributed by atoms with Crippen LogP contribution in [0, 0.1) is 0 Å². The van der Waals surface area contributed by atoms with Crippen molar-refractivity contribution in [3.63, 3.8) is 0 Å². The molecule has 1 aromatic rings. The van der Waals surface area contributed by atoms with E-state index in [2.05, 4.69) is 10.3 Å².